The predicted octanol–water partition coefficient (Wildman–Crippen LogP) is 3.42. The Morgan fingerprint density at radius 2 is 2.10 bits per heavy atom. The van der Waals surface area contributed by atoms with Gasteiger partial charge in [0.15, 0.2) is 6.61 Å². The Kier molecular flexibility index (Phi) is 4.32. The maximum absolute atomic E-state index is 10.6. The second-order valence-electron chi connectivity index (χ2n) is 6.12. The summed E-state index contributed by atoms with van der Waals surface area (Å²) in [4.78, 5) is 10.6. The molecule has 3 rings (SSSR count). The van der Waals surface area contributed by atoms with Gasteiger partial charge in [0.2, 0.25) is 0 Å². The first-order valence-electron chi connectivity index (χ1n) is 7.85. The smallest absolute Gasteiger partial charge is 0.341 e. The Morgan fingerprint density at radius 1 is 1.29 bits per heavy atom. The maximum atomic E-state index is 10.6. The van der Waals surface area contributed by atoms with Crippen LogP contribution in [0.4, 0.5) is 0 Å². The molecule has 0 amide bonds. The van der Waals surface area contributed by atoms with Crippen molar-refractivity contribution in [3.63, 3.8) is 0 Å². The number of hydrogen-bond donors (Lipinski definition) is 1. The lowest BCUT2D eigenvalue weighted by molar-refractivity contribution is -0.139. The molecular formula is C17H22O4. The maximum Gasteiger partial charge on any atom is 0.341 e. The molecule has 0 radical (unpaired) electrons. The molecule has 4 nitrogen and oxygen atoms in total. The van der Waals surface area contributed by atoms with Crippen molar-refractivity contribution in [2.75, 3.05) is 6.61 Å². The fraction of sp³-hybridized carbons (Fsp3) is 0.588. The molecular weight excluding hydrogens is 268 g/mol. The molecule has 2 aliphatic rings. The van der Waals surface area contributed by atoms with Gasteiger partial charge in [-0.3, -0.25) is 0 Å². The van der Waals surface area contributed by atoms with Gasteiger partial charge in [0.1, 0.15) is 11.5 Å². The van der Waals surface area contributed by atoms with Crippen LogP contribution in [-0.4, -0.2) is 23.8 Å². The Balaban J connectivity index is 1.62. The highest BCUT2D eigenvalue weighted by atomic mass is 16.5. The quantitative estimate of drug-likeness (QED) is 0.902. The molecule has 4 heteroatoms. The summed E-state index contributed by atoms with van der Waals surface area (Å²) in [5, 5.41) is 8.66. The lowest BCUT2D eigenvalue weighted by atomic mass is 9.93. The van der Waals surface area contributed by atoms with Crippen LogP contribution in [0.1, 0.15) is 44.1 Å². The molecule has 1 aromatic rings. The van der Waals surface area contributed by atoms with E-state index in [9.17, 15) is 4.79 Å². The molecule has 1 unspecified atom stereocenters. The second kappa shape index (κ2) is 6.37. The SMILES string of the molecule is O=C(O)COc1ccc2c(c1)OC(CC1CCCC1)CC2. The third-order valence-electron chi connectivity index (χ3n) is 4.50. The average Bonchev–Trinajstić information content (AvgIpc) is 2.97. The highest BCUT2D eigenvalue weighted by Crippen LogP contribution is 2.36. The summed E-state index contributed by atoms with van der Waals surface area (Å²) in [6, 6.07) is 5.64. The molecule has 1 heterocycles. The number of carbonyl (C=O) groups is 1. The molecule has 114 valence electrons. The van der Waals surface area contributed by atoms with E-state index in [1.807, 2.05) is 18.2 Å². The third kappa shape index (κ3) is 3.69. The summed E-state index contributed by atoms with van der Waals surface area (Å²) in [5.74, 6) is 1.29. The van der Waals surface area contributed by atoms with Crippen LogP contribution >= 0.6 is 0 Å². The fourth-order valence-corrected chi connectivity index (χ4v) is 3.42. The van der Waals surface area contributed by atoms with Crippen LogP contribution in [0.5, 0.6) is 11.5 Å². The zero-order valence-corrected chi connectivity index (χ0v) is 12.2. The van der Waals surface area contributed by atoms with E-state index in [1.165, 1.54) is 31.2 Å². The number of rotatable bonds is 5. The van der Waals surface area contributed by atoms with Gasteiger partial charge in [0, 0.05) is 6.07 Å². The summed E-state index contributed by atoms with van der Waals surface area (Å²) in [5.41, 5.74) is 1.19. The number of hydrogen-bond acceptors (Lipinski definition) is 3. The van der Waals surface area contributed by atoms with Gasteiger partial charge in [-0.1, -0.05) is 31.7 Å². The fourth-order valence-electron chi connectivity index (χ4n) is 3.42. The Bertz CT molecular complexity index is 506. The monoisotopic (exact) mass is 290 g/mol. The first-order valence-corrected chi connectivity index (χ1v) is 7.85. The molecule has 0 aromatic heterocycles. The molecule has 1 N–H and O–H groups in total. The number of benzene rings is 1. The van der Waals surface area contributed by atoms with Gasteiger partial charge >= 0.3 is 5.97 Å². The van der Waals surface area contributed by atoms with E-state index in [-0.39, 0.29) is 6.61 Å². The second-order valence-corrected chi connectivity index (χ2v) is 6.12. The Morgan fingerprint density at radius 3 is 2.86 bits per heavy atom. The Labute approximate surface area is 125 Å². The van der Waals surface area contributed by atoms with E-state index >= 15 is 0 Å². The highest BCUT2D eigenvalue weighted by molar-refractivity contribution is 5.68. The van der Waals surface area contributed by atoms with E-state index in [2.05, 4.69) is 0 Å². The molecule has 0 bridgehead atoms. The first kappa shape index (κ1) is 14.2. The topological polar surface area (TPSA) is 55.8 Å². The molecule has 21 heavy (non-hydrogen) atoms. The predicted molar refractivity (Wildman–Crippen MR) is 78.9 cm³/mol. The van der Waals surface area contributed by atoms with Crippen LogP contribution in [-0.2, 0) is 11.2 Å². The lowest BCUT2D eigenvalue weighted by Gasteiger charge is -2.28. The van der Waals surface area contributed by atoms with Crippen molar-refractivity contribution >= 4 is 5.97 Å². The van der Waals surface area contributed by atoms with Gasteiger partial charge in [0.05, 0.1) is 6.10 Å². The summed E-state index contributed by atoms with van der Waals surface area (Å²) >= 11 is 0. The lowest BCUT2D eigenvalue weighted by Crippen LogP contribution is -2.25. The van der Waals surface area contributed by atoms with Crippen molar-refractivity contribution < 1.29 is 19.4 Å². The van der Waals surface area contributed by atoms with Crippen LogP contribution < -0.4 is 9.47 Å². The molecule has 1 aliphatic heterocycles. The summed E-state index contributed by atoms with van der Waals surface area (Å²) in [7, 11) is 0. The summed E-state index contributed by atoms with van der Waals surface area (Å²) < 4.78 is 11.3. The van der Waals surface area contributed by atoms with E-state index in [4.69, 9.17) is 14.6 Å². The van der Waals surface area contributed by atoms with E-state index in [0.29, 0.717) is 11.9 Å². The summed E-state index contributed by atoms with van der Waals surface area (Å²) in [6.45, 7) is -0.315. The van der Waals surface area contributed by atoms with Crippen molar-refractivity contribution in [3.05, 3.63) is 23.8 Å². The molecule has 1 saturated carbocycles. The number of aryl methyl sites for hydroxylation is 1. The minimum absolute atomic E-state index is 0.301. The van der Waals surface area contributed by atoms with Crippen molar-refractivity contribution in [2.45, 2.75) is 51.0 Å². The van der Waals surface area contributed by atoms with Crippen molar-refractivity contribution in [1.29, 1.82) is 0 Å². The van der Waals surface area contributed by atoms with Gasteiger partial charge in [-0.15, -0.1) is 0 Å². The molecule has 1 aliphatic carbocycles. The minimum Gasteiger partial charge on any atom is -0.490 e. The van der Waals surface area contributed by atoms with Gasteiger partial charge < -0.3 is 14.6 Å². The van der Waals surface area contributed by atoms with Crippen molar-refractivity contribution in [2.24, 2.45) is 5.92 Å². The normalized spacial score (nSPS) is 21.6. The van der Waals surface area contributed by atoms with E-state index in [1.54, 1.807) is 0 Å². The van der Waals surface area contributed by atoms with Crippen LogP contribution in [0.15, 0.2) is 18.2 Å². The number of aliphatic carboxylic acids is 1. The Hall–Kier alpha value is -1.71. The van der Waals surface area contributed by atoms with Crippen LogP contribution in [0.3, 0.4) is 0 Å². The molecule has 1 aromatic carbocycles. The average molecular weight is 290 g/mol. The zero-order valence-electron chi connectivity index (χ0n) is 12.2. The third-order valence-corrected chi connectivity index (χ3v) is 4.50. The van der Waals surface area contributed by atoms with Crippen LogP contribution in [0.25, 0.3) is 0 Å². The van der Waals surface area contributed by atoms with E-state index < -0.39 is 5.97 Å². The van der Waals surface area contributed by atoms with Gasteiger partial charge in [0.25, 0.3) is 0 Å². The van der Waals surface area contributed by atoms with Gasteiger partial charge in [-0.05, 0) is 36.8 Å². The molecule has 0 saturated heterocycles. The van der Waals surface area contributed by atoms with Gasteiger partial charge in [-0.2, -0.15) is 0 Å². The first-order chi connectivity index (χ1) is 10.2. The van der Waals surface area contributed by atoms with Gasteiger partial charge in [-0.25, -0.2) is 4.79 Å². The molecule has 0 spiro atoms. The summed E-state index contributed by atoms with van der Waals surface area (Å²) in [6.07, 6.45) is 8.98. The number of fused-ring (bicyclic) bond motifs is 1. The molecule has 1 atom stereocenters. The number of carboxylic acids is 1. The molecule has 1 fully saturated rings. The zero-order chi connectivity index (χ0) is 14.7. The van der Waals surface area contributed by atoms with Crippen LogP contribution in [0.2, 0.25) is 0 Å². The highest BCUT2D eigenvalue weighted by Gasteiger charge is 2.25. The minimum atomic E-state index is -0.965. The van der Waals surface area contributed by atoms with E-state index in [0.717, 1.165) is 30.9 Å². The van der Waals surface area contributed by atoms with Crippen molar-refractivity contribution in [3.8, 4) is 11.5 Å². The van der Waals surface area contributed by atoms with Crippen LogP contribution in [0, 0.1) is 5.92 Å². The number of carboxylic acid groups (broad SMARTS) is 1. The van der Waals surface area contributed by atoms with Crippen molar-refractivity contribution in [1.82, 2.24) is 0 Å². The largest absolute Gasteiger partial charge is 0.490 e. The standard InChI is InChI=1S/C17H22O4/c18-17(19)11-20-14-7-5-13-6-8-15(21-16(13)10-14)9-12-3-1-2-4-12/h5,7,10,12,15H,1-4,6,8-9,11H2,(H,18,19). The number of ether oxygens (including phenoxy) is 2.